The highest BCUT2D eigenvalue weighted by molar-refractivity contribution is 7.98. The van der Waals surface area contributed by atoms with Gasteiger partial charge in [-0.2, -0.15) is 11.8 Å². The van der Waals surface area contributed by atoms with Crippen molar-refractivity contribution in [2.75, 3.05) is 18.6 Å². The molecule has 2 nitrogen and oxygen atoms in total. The molecular formula is C9H21NOS. The SMILES string of the molecule is CSCCCC(O)C(C)(C)CN. The smallest absolute Gasteiger partial charge is 0.0603 e. The lowest BCUT2D eigenvalue weighted by Gasteiger charge is -2.28. The first-order valence-corrected chi connectivity index (χ1v) is 5.81. The van der Waals surface area contributed by atoms with E-state index in [9.17, 15) is 5.11 Å². The summed E-state index contributed by atoms with van der Waals surface area (Å²) in [5.41, 5.74) is 5.42. The van der Waals surface area contributed by atoms with Crippen LogP contribution in [0, 0.1) is 5.41 Å². The zero-order chi connectivity index (χ0) is 9.61. The van der Waals surface area contributed by atoms with Crippen LogP contribution in [0.4, 0.5) is 0 Å². The third-order valence-electron chi connectivity index (χ3n) is 2.25. The fourth-order valence-electron chi connectivity index (χ4n) is 0.948. The molecule has 0 aromatic heterocycles. The summed E-state index contributed by atoms with van der Waals surface area (Å²) in [6.07, 6.45) is 3.77. The van der Waals surface area contributed by atoms with Crippen molar-refractivity contribution in [3.8, 4) is 0 Å². The minimum absolute atomic E-state index is 0.127. The molecular weight excluding hydrogens is 170 g/mol. The van der Waals surface area contributed by atoms with Gasteiger partial charge in [-0.25, -0.2) is 0 Å². The molecule has 0 aromatic carbocycles. The van der Waals surface area contributed by atoms with Crippen LogP contribution in [0.1, 0.15) is 26.7 Å². The zero-order valence-electron chi connectivity index (χ0n) is 8.34. The highest BCUT2D eigenvalue weighted by Gasteiger charge is 2.25. The van der Waals surface area contributed by atoms with Crippen molar-refractivity contribution in [1.29, 1.82) is 0 Å². The number of nitrogens with two attached hydrogens (primary N) is 1. The molecule has 0 fully saturated rings. The van der Waals surface area contributed by atoms with E-state index in [4.69, 9.17) is 5.73 Å². The lowest BCUT2D eigenvalue weighted by atomic mass is 9.84. The quantitative estimate of drug-likeness (QED) is 0.625. The van der Waals surface area contributed by atoms with E-state index in [2.05, 4.69) is 6.26 Å². The average Bonchev–Trinajstić information content (AvgIpc) is 2.05. The summed E-state index contributed by atoms with van der Waals surface area (Å²) in [7, 11) is 0. The molecule has 3 N–H and O–H groups in total. The van der Waals surface area contributed by atoms with Crippen molar-refractivity contribution in [2.24, 2.45) is 11.1 Å². The Morgan fingerprint density at radius 2 is 2.08 bits per heavy atom. The summed E-state index contributed by atoms with van der Waals surface area (Å²) in [4.78, 5) is 0. The molecule has 0 saturated heterocycles. The van der Waals surface area contributed by atoms with Gasteiger partial charge in [0, 0.05) is 5.41 Å². The number of thioether (sulfide) groups is 1. The van der Waals surface area contributed by atoms with Crippen molar-refractivity contribution < 1.29 is 5.11 Å². The molecule has 0 aliphatic carbocycles. The van der Waals surface area contributed by atoms with Crippen LogP contribution in [0.15, 0.2) is 0 Å². The number of hydrogen-bond donors (Lipinski definition) is 2. The van der Waals surface area contributed by atoms with Gasteiger partial charge in [0.2, 0.25) is 0 Å². The molecule has 0 aliphatic rings. The van der Waals surface area contributed by atoms with E-state index in [0.29, 0.717) is 6.54 Å². The van der Waals surface area contributed by atoms with E-state index in [0.717, 1.165) is 18.6 Å². The van der Waals surface area contributed by atoms with Crippen molar-refractivity contribution in [3.05, 3.63) is 0 Å². The average molecular weight is 191 g/mol. The molecule has 0 saturated carbocycles. The van der Waals surface area contributed by atoms with Gasteiger partial charge in [0.05, 0.1) is 6.10 Å². The van der Waals surface area contributed by atoms with Gasteiger partial charge < -0.3 is 10.8 Å². The fraction of sp³-hybridized carbons (Fsp3) is 1.00. The van der Waals surface area contributed by atoms with Crippen LogP contribution < -0.4 is 5.73 Å². The van der Waals surface area contributed by atoms with Crippen LogP contribution in [0.5, 0.6) is 0 Å². The minimum Gasteiger partial charge on any atom is -0.393 e. The predicted octanol–water partition coefficient (Wildman–Crippen LogP) is 1.48. The van der Waals surface area contributed by atoms with Crippen LogP contribution in [0.3, 0.4) is 0 Å². The second-order valence-electron chi connectivity index (χ2n) is 3.84. The summed E-state index contributed by atoms with van der Waals surface area (Å²) >= 11 is 1.82. The van der Waals surface area contributed by atoms with Crippen molar-refractivity contribution in [1.82, 2.24) is 0 Å². The molecule has 0 aliphatic heterocycles. The first-order valence-electron chi connectivity index (χ1n) is 4.41. The monoisotopic (exact) mass is 191 g/mol. The van der Waals surface area contributed by atoms with Crippen molar-refractivity contribution in [2.45, 2.75) is 32.8 Å². The first kappa shape index (κ1) is 12.3. The molecule has 1 unspecified atom stereocenters. The van der Waals surface area contributed by atoms with E-state index in [1.807, 2.05) is 25.6 Å². The fourth-order valence-corrected chi connectivity index (χ4v) is 1.40. The molecule has 74 valence electrons. The van der Waals surface area contributed by atoms with Gasteiger partial charge >= 0.3 is 0 Å². The highest BCUT2D eigenvalue weighted by atomic mass is 32.2. The van der Waals surface area contributed by atoms with E-state index in [1.54, 1.807) is 0 Å². The largest absolute Gasteiger partial charge is 0.393 e. The Kier molecular flexibility index (Phi) is 5.97. The zero-order valence-corrected chi connectivity index (χ0v) is 9.16. The molecule has 0 rings (SSSR count). The molecule has 0 radical (unpaired) electrons. The molecule has 0 heterocycles. The number of aliphatic hydroxyl groups excluding tert-OH is 1. The third-order valence-corrected chi connectivity index (χ3v) is 2.95. The van der Waals surface area contributed by atoms with Crippen molar-refractivity contribution in [3.63, 3.8) is 0 Å². The molecule has 0 aromatic rings. The van der Waals surface area contributed by atoms with E-state index < -0.39 is 0 Å². The Balaban J connectivity index is 3.63. The summed E-state index contributed by atoms with van der Waals surface area (Å²) < 4.78 is 0. The normalized spacial score (nSPS) is 14.8. The Hall–Kier alpha value is 0.270. The molecule has 3 heteroatoms. The van der Waals surface area contributed by atoms with Crippen molar-refractivity contribution >= 4 is 11.8 Å². The van der Waals surface area contributed by atoms with Gasteiger partial charge in [0.1, 0.15) is 0 Å². The highest BCUT2D eigenvalue weighted by Crippen LogP contribution is 2.22. The van der Waals surface area contributed by atoms with Gasteiger partial charge in [-0.15, -0.1) is 0 Å². The van der Waals surface area contributed by atoms with E-state index in [1.165, 1.54) is 0 Å². The summed E-state index contributed by atoms with van der Waals surface area (Å²) in [6, 6.07) is 0. The van der Waals surface area contributed by atoms with Gasteiger partial charge in [-0.3, -0.25) is 0 Å². The van der Waals surface area contributed by atoms with Crippen LogP contribution in [-0.4, -0.2) is 29.8 Å². The Morgan fingerprint density at radius 3 is 2.50 bits per heavy atom. The predicted molar refractivity (Wildman–Crippen MR) is 56.5 cm³/mol. The van der Waals surface area contributed by atoms with Gasteiger partial charge in [-0.05, 0) is 31.4 Å². The van der Waals surface area contributed by atoms with Crippen LogP contribution >= 0.6 is 11.8 Å². The van der Waals surface area contributed by atoms with E-state index >= 15 is 0 Å². The number of rotatable bonds is 6. The minimum atomic E-state index is -0.255. The molecule has 12 heavy (non-hydrogen) atoms. The lowest BCUT2D eigenvalue weighted by molar-refractivity contribution is 0.0487. The van der Waals surface area contributed by atoms with Gasteiger partial charge in [0.25, 0.3) is 0 Å². The maximum atomic E-state index is 9.71. The van der Waals surface area contributed by atoms with E-state index in [-0.39, 0.29) is 11.5 Å². The Labute approximate surface area is 79.9 Å². The lowest BCUT2D eigenvalue weighted by Crippen LogP contribution is -2.36. The molecule has 0 spiro atoms. The third kappa shape index (κ3) is 4.33. The van der Waals surface area contributed by atoms with Crippen LogP contribution in [-0.2, 0) is 0 Å². The standard InChI is InChI=1S/C9H21NOS/c1-9(2,7-10)8(11)5-4-6-12-3/h8,11H,4-7,10H2,1-3H3. The molecule has 0 bridgehead atoms. The van der Waals surface area contributed by atoms with Gasteiger partial charge in [0.15, 0.2) is 0 Å². The summed E-state index contributed by atoms with van der Waals surface area (Å²) in [5.74, 6) is 1.12. The second-order valence-corrected chi connectivity index (χ2v) is 4.83. The maximum Gasteiger partial charge on any atom is 0.0603 e. The number of aliphatic hydroxyl groups is 1. The van der Waals surface area contributed by atoms with Crippen LogP contribution in [0.2, 0.25) is 0 Å². The summed E-state index contributed by atoms with van der Waals surface area (Å²) in [6.45, 7) is 4.57. The summed E-state index contributed by atoms with van der Waals surface area (Å²) in [5, 5.41) is 9.71. The Morgan fingerprint density at radius 1 is 1.50 bits per heavy atom. The molecule has 1 atom stereocenters. The van der Waals surface area contributed by atoms with Crippen LogP contribution in [0.25, 0.3) is 0 Å². The first-order chi connectivity index (χ1) is 5.54. The van der Waals surface area contributed by atoms with Gasteiger partial charge in [-0.1, -0.05) is 13.8 Å². The molecule has 0 amide bonds. The Bertz CT molecular complexity index is 117. The maximum absolute atomic E-state index is 9.71. The second kappa shape index (κ2) is 5.84. The topological polar surface area (TPSA) is 46.2 Å². The number of hydrogen-bond acceptors (Lipinski definition) is 3.